The third kappa shape index (κ3) is 6.30. The number of nitrogens with zero attached hydrogens (tertiary/aromatic N) is 4. The lowest BCUT2D eigenvalue weighted by Gasteiger charge is -2.20. The summed E-state index contributed by atoms with van der Waals surface area (Å²) in [6.07, 6.45) is 3.81. The number of hydrogen-bond acceptors (Lipinski definition) is 4. The molecule has 166 valence electrons. The summed E-state index contributed by atoms with van der Waals surface area (Å²) in [5.41, 5.74) is 6.52. The summed E-state index contributed by atoms with van der Waals surface area (Å²) >= 11 is 0. The molecule has 0 amide bonds. The van der Waals surface area contributed by atoms with Gasteiger partial charge in [-0.25, -0.2) is 0 Å². The molecule has 0 aliphatic carbocycles. The van der Waals surface area contributed by atoms with Crippen molar-refractivity contribution in [1.82, 2.24) is 0 Å². The lowest BCUT2D eigenvalue weighted by molar-refractivity contribution is 0.866. The quantitative estimate of drug-likeness (QED) is 0.331. The van der Waals surface area contributed by atoms with E-state index in [2.05, 4.69) is 96.0 Å². The van der Waals surface area contributed by atoms with Crippen molar-refractivity contribution >= 4 is 35.2 Å². The normalized spacial score (nSPS) is 11.4. The second-order valence-corrected chi connectivity index (χ2v) is 7.56. The highest BCUT2D eigenvalue weighted by atomic mass is 15.1. The number of benzene rings is 3. The summed E-state index contributed by atoms with van der Waals surface area (Å²) in [6, 6.07) is 25.1. The zero-order chi connectivity index (χ0) is 22.8. The van der Waals surface area contributed by atoms with Gasteiger partial charge in [-0.2, -0.15) is 0 Å². The van der Waals surface area contributed by atoms with Gasteiger partial charge in [-0.3, -0.25) is 9.98 Å². The average Bonchev–Trinajstić information content (AvgIpc) is 2.85. The molecule has 0 spiro atoms. The van der Waals surface area contributed by atoms with Crippen LogP contribution in [-0.2, 0) is 0 Å². The molecule has 3 rings (SSSR count). The Hall–Kier alpha value is -3.40. The van der Waals surface area contributed by atoms with Crippen LogP contribution in [0, 0.1) is 0 Å². The maximum Gasteiger partial charge on any atom is 0.0631 e. The van der Waals surface area contributed by atoms with E-state index in [0.29, 0.717) is 0 Å². The molecule has 0 heterocycles. The maximum absolute atomic E-state index is 4.60. The van der Waals surface area contributed by atoms with E-state index in [9.17, 15) is 0 Å². The van der Waals surface area contributed by atoms with Crippen LogP contribution in [0.2, 0.25) is 0 Å². The highest BCUT2D eigenvalue weighted by Crippen LogP contribution is 2.20. The predicted octanol–water partition coefficient (Wildman–Crippen LogP) is 6.88. The van der Waals surface area contributed by atoms with E-state index in [4.69, 9.17) is 0 Å². The third-order valence-corrected chi connectivity index (χ3v) is 5.62. The summed E-state index contributed by atoms with van der Waals surface area (Å²) in [4.78, 5) is 13.9. The molecule has 0 radical (unpaired) electrons. The van der Waals surface area contributed by atoms with Gasteiger partial charge >= 0.3 is 0 Å². The van der Waals surface area contributed by atoms with Crippen molar-refractivity contribution in [3.8, 4) is 0 Å². The molecule has 0 saturated carbocycles. The topological polar surface area (TPSA) is 31.2 Å². The standard InChI is InChI=1S/C28H34N4/c1-5-31(6-2)27-17-9-23(10-18-27)21-29-25-13-15-26(16-14-25)30-22-24-11-19-28(20-12-24)32(7-3)8-4/h9-22H,5-8H2,1-4H3. The van der Waals surface area contributed by atoms with Crippen LogP contribution < -0.4 is 9.80 Å². The van der Waals surface area contributed by atoms with Gasteiger partial charge in [-0.15, -0.1) is 0 Å². The fourth-order valence-electron chi connectivity index (χ4n) is 3.64. The Bertz CT molecular complexity index is 910. The number of aliphatic imine (C=N–C) groups is 2. The summed E-state index contributed by atoms with van der Waals surface area (Å²) in [5.74, 6) is 0. The third-order valence-electron chi connectivity index (χ3n) is 5.62. The van der Waals surface area contributed by atoms with Crippen molar-refractivity contribution in [3.63, 3.8) is 0 Å². The Kier molecular flexibility index (Phi) is 8.61. The molecule has 32 heavy (non-hydrogen) atoms. The lowest BCUT2D eigenvalue weighted by atomic mass is 10.2. The molecule has 0 N–H and O–H groups in total. The van der Waals surface area contributed by atoms with E-state index < -0.39 is 0 Å². The van der Waals surface area contributed by atoms with E-state index >= 15 is 0 Å². The summed E-state index contributed by atoms with van der Waals surface area (Å²) in [5, 5.41) is 0. The zero-order valence-corrected chi connectivity index (χ0v) is 19.7. The van der Waals surface area contributed by atoms with E-state index in [1.54, 1.807) is 0 Å². The van der Waals surface area contributed by atoms with Crippen LogP contribution >= 0.6 is 0 Å². The average molecular weight is 427 g/mol. The molecular formula is C28H34N4. The zero-order valence-electron chi connectivity index (χ0n) is 19.7. The molecule has 0 saturated heterocycles. The van der Waals surface area contributed by atoms with E-state index in [0.717, 1.165) is 48.7 Å². The van der Waals surface area contributed by atoms with Crippen LogP contribution in [0.1, 0.15) is 38.8 Å². The fraction of sp³-hybridized carbons (Fsp3) is 0.286. The van der Waals surface area contributed by atoms with Gasteiger partial charge in [-0.05, 0) is 87.4 Å². The Morgan fingerprint density at radius 1 is 0.500 bits per heavy atom. The second kappa shape index (κ2) is 11.8. The first-order valence-corrected chi connectivity index (χ1v) is 11.5. The molecule has 0 unspecified atom stereocenters. The van der Waals surface area contributed by atoms with Crippen molar-refractivity contribution < 1.29 is 0 Å². The smallest absolute Gasteiger partial charge is 0.0631 e. The summed E-state index contributed by atoms with van der Waals surface area (Å²) in [7, 11) is 0. The van der Waals surface area contributed by atoms with Crippen molar-refractivity contribution in [2.75, 3.05) is 36.0 Å². The molecule has 4 heteroatoms. The molecule has 0 aromatic heterocycles. The number of rotatable bonds is 10. The first kappa shape index (κ1) is 23.3. The van der Waals surface area contributed by atoms with Crippen LogP contribution in [0.4, 0.5) is 22.7 Å². The summed E-state index contributed by atoms with van der Waals surface area (Å²) < 4.78 is 0. The molecule has 0 aliphatic rings. The van der Waals surface area contributed by atoms with Crippen LogP contribution in [0.5, 0.6) is 0 Å². The minimum Gasteiger partial charge on any atom is -0.372 e. The highest BCUT2D eigenvalue weighted by molar-refractivity contribution is 5.84. The fourth-order valence-corrected chi connectivity index (χ4v) is 3.64. The summed E-state index contributed by atoms with van der Waals surface area (Å²) in [6.45, 7) is 12.8. The molecule has 3 aromatic carbocycles. The molecular weight excluding hydrogens is 392 g/mol. The van der Waals surface area contributed by atoms with E-state index in [1.165, 1.54) is 11.4 Å². The van der Waals surface area contributed by atoms with E-state index in [1.807, 2.05) is 36.7 Å². The molecule has 4 nitrogen and oxygen atoms in total. The largest absolute Gasteiger partial charge is 0.372 e. The molecule has 0 atom stereocenters. The van der Waals surface area contributed by atoms with Gasteiger partial charge in [0, 0.05) is 50.0 Å². The van der Waals surface area contributed by atoms with Crippen molar-refractivity contribution in [1.29, 1.82) is 0 Å². The highest BCUT2D eigenvalue weighted by Gasteiger charge is 2.01. The maximum atomic E-state index is 4.60. The first-order chi connectivity index (χ1) is 15.7. The van der Waals surface area contributed by atoms with E-state index in [-0.39, 0.29) is 0 Å². The Balaban J connectivity index is 1.60. The predicted molar refractivity (Wildman–Crippen MR) is 141 cm³/mol. The minimum atomic E-state index is 0.917. The Morgan fingerprint density at radius 3 is 1.09 bits per heavy atom. The van der Waals surface area contributed by atoms with Crippen molar-refractivity contribution in [2.24, 2.45) is 9.98 Å². The molecule has 3 aromatic rings. The van der Waals surface area contributed by atoms with Gasteiger partial charge < -0.3 is 9.80 Å². The minimum absolute atomic E-state index is 0.917. The SMILES string of the molecule is CCN(CC)c1ccc(C=Nc2ccc(N=Cc3ccc(N(CC)CC)cc3)cc2)cc1. The van der Waals surface area contributed by atoms with Gasteiger partial charge in [0.1, 0.15) is 0 Å². The van der Waals surface area contributed by atoms with Crippen molar-refractivity contribution in [3.05, 3.63) is 83.9 Å². The van der Waals surface area contributed by atoms with Crippen molar-refractivity contribution in [2.45, 2.75) is 27.7 Å². The number of hydrogen-bond donors (Lipinski definition) is 0. The van der Waals surface area contributed by atoms with Gasteiger partial charge in [0.2, 0.25) is 0 Å². The van der Waals surface area contributed by atoms with Gasteiger partial charge in [0.15, 0.2) is 0 Å². The van der Waals surface area contributed by atoms with Crippen LogP contribution in [0.15, 0.2) is 82.8 Å². The Labute approximate surface area is 193 Å². The molecule has 0 bridgehead atoms. The van der Waals surface area contributed by atoms with Gasteiger partial charge in [-0.1, -0.05) is 24.3 Å². The van der Waals surface area contributed by atoms with Crippen LogP contribution in [0.3, 0.4) is 0 Å². The second-order valence-electron chi connectivity index (χ2n) is 7.56. The lowest BCUT2D eigenvalue weighted by Crippen LogP contribution is -2.21. The number of anilines is 2. The monoisotopic (exact) mass is 426 g/mol. The van der Waals surface area contributed by atoms with Gasteiger partial charge in [0.25, 0.3) is 0 Å². The van der Waals surface area contributed by atoms with Crippen LogP contribution in [0.25, 0.3) is 0 Å². The van der Waals surface area contributed by atoms with Gasteiger partial charge in [0.05, 0.1) is 11.4 Å². The molecule has 0 fully saturated rings. The Morgan fingerprint density at radius 2 is 0.812 bits per heavy atom. The first-order valence-electron chi connectivity index (χ1n) is 11.5. The van der Waals surface area contributed by atoms with Crippen LogP contribution in [-0.4, -0.2) is 38.6 Å². The molecule has 0 aliphatic heterocycles.